The first-order valence-electron chi connectivity index (χ1n) is 9.37. The highest BCUT2D eigenvalue weighted by atomic mass is 32.1. The Hall–Kier alpha value is -2.94. The van der Waals surface area contributed by atoms with Crippen molar-refractivity contribution in [2.45, 2.75) is 6.54 Å². The Morgan fingerprint density at radius 1 is 1.07 bits per heavy atom. The van der Waals surface area contributed by atoms with E-state index in [4.69, 9.17) is 5.26 Å². The average molecular weight is 388 g/mol. The topological polar surface area (TPSA) is 47.3 Å². The van der Waals surface area contributed by atoms with Crippen LogP contribution >= 0.6 is 11.3 Å². The molecular weight excluding hydrogens is 366 g/mol. The lowest BCUT2D eigenvalue weighted by molar-refractivity contribution is -0.127. The Bertz CT molecular complexity index is 1040. The van der Waals surface area contributed by atoms with E-state index in [1.807, 2.05) is 47.4 Å². The first kappa shape index (κ1) is 18.4. The standard InChI is InChI=1S/C23H21N3OS/c24-15-18-5-7-19(8-6-18)16-25-11-13-26(14-12-25)23(27)10-9-20-17-28-22-4-2-1-3-21(20)22/h1-10,17H,11-14,16H2/b10-9+. The number of piperazine rings is 1. The zero-order valence-electron chi connectivity index (χ0n) is 15.5. The Morgan fingerprint density at radius 3 is 2.57 bits per heavy atom. The molecule has 1 saturated heterocycles. The summed E-state index contributed by atoms with van der Waals surface area (Å²) in [6.45, 7) is 4.06. The van der Waals surface area contributed by atoms with Crippen LogP contribution in [0.25, 0.3) is 16.2 Å². The molecule has 0 aliphatic carbocycles. The highest BCUT2D eigenvalue weighted by Gasteiger charge is 2.19. The van der Waals surface area contributed by atoms with Gasteiger partial charge in [0.2, 0.25) is 5.91 Å². The summed E-state index contributed by atoms with van der Waals surface area (Å²) in [7, 11) is 0. The molecule has 0 spiro atoms. The minimum absolute atomic E-state index is 0.0771. The van der Waals surface area contributed by atoms with E-state index in [2.05, 4.69) is 28.5 Å². The van der Waals surface area contributed by atoms with E-state index in [-0.39, 0.29) is 5.91 Å². The molecule has 0 saturated carbocycles. The van der Waals surface area contributed by atoms with Gasteiger partial charge < -0.3 is 4.90 Å². The van der Waals surface area contributed by atoms with Crippen molar-refractivity contribution < 1.29 is 4.79 Å². The lowest BCUT2D eigenvalue weighted by Crippen LogP contribution is -2.47. The molecule has 1 fully saturated rings. The van der Waals surface area contributed by atoms with E-state index in [1.54, 1.807) is 17.4 Å². The predicted molar refractivity (Wildman–Crippen MR) is 114 cm³/mol. The van der Waals surface area contributed by atoms with E-state index in [1.165, 1.54) is 15.6 Å². The number of fused-ring (bicyclic) bond motifs is 1. The molecule has 0 N–H and O–H groups in total. The van der Waals surface area contributed by atoms with Gasteiger partial charge in [0, 0.05) is 43.5 Å². The number of benzene rings is 2. The molecule has 2 aromatic carbocycles. The molecule has 1 amide bonds. The summed E-state index contributed by atoms with van der Waals surface area (Å²) in [6.07, 6.45) is 3.63. The minimum Gasteiger partial charge on any atom is -0.337 e. The zero-order valence-corrected chi connectivity index (χ0v) is 16.4. The van der Waals surface area contributed by atoms with Crippen molar-refractivity contribution in [3.05, 3.63) is 76.7 Å². The van der Waals surface area contributed by atoms with Gasteiger partial charge in [-0.3, -0.25) is 9.69 Å². The van der Waals surface area contributed by atoms with Gasteiger partial charge in [-0.2, -0.15) is 5.26 Å². The Kier molecular flexibility index (Phi) is 5.52. The second kappa shape index (κ2) is 8.39. The summed E-state index contributed by atoms with van der Waals surface area (Å²) in [4.78, 5) is 16.8. The molecule has 140 valence electrons. The van der Waals surface area contributed by atoms with Crippen LogP contribution in [0.1, 0.15) is 16.7 Å². The smallest absolute Gasteiger partial charge is 0.246 e. The lowest BCUT2D eigenvalue weighted by Gasteiger charge is -2.34. The summed E-state index contributed by atoms with van der Waals surface area (Å²) < 4.78 is 1.24. The van der Waals surface area contributed by atoms with Crippen molar-refractivity contribution in [2.24, 2.45) is 0 Å². The fourth-order valence-electron chi connectivity index (χ4n) is 3.46. The van der Waals surface area contributed by atoms with Crippen LogP contribution in [-0.2, 0) is 11.3 Å². The molecule has 0 bridgehead atoms. The van der Waals surface area contributed by atoms with Gasteiger partial charge in [0.05, 0.1) is 11.6 Å². The number of carbonyl (C=O) groups is 1. The van der Waals surface area contributed by atoms with Crippen LogP contribution in [0.2, 0.25) is 0 Å². The van der Waals surface area contributed by atoms with E-state index in [0.717, 1.165) is 38.3 Å². The molecule has 4 nitrogen and oxygen atoms in total. The van der Waals surface area contributed by atoms with Crippen molar-refractivity contribution in [2.75, 3.05) is 26.2 Å². The van der Waals surface area contributed by atoms with Crippen LogP contribution in [0.15, 0.2) is 60.0 Å². The molecule has 1 aromatic heterocycles. The van der Waals surface area contributed by atoms with Gasteiger partial charge in [0.15, 0.2) is 0 Å². The van der Waals surface area contributed by atoms with Crippen LogP contribution in [-0.4, -0.2) is 41.9 Å². The summed E-state index contributed by atoms with van der Waals surface area (Å²) in [5, 5.41) is 12.2. The number of nitriles is 1. The quantitative estimate of drug-likeness (QED) is 0.633. The van der Waals surface area contributed by atoms with Crippen molar-refractivity contribution in [3.63, 3.8) is 0 Å². The van der Waals surface area contributed by atoms with Gasteiger partial charge in [0.25, 0.3) is 0 Å². The Balaban J connectivity index is 1.31. The predicted octanol–water partition coefficient (Wildman–Crippen LogP) is 4.13. The molecule has 1 aliphatic rings. The Labute approximate surface area is 168 Å². The van der Waals surface area contributed by atoms with Gasteiger partial charge in [-0.1, -0.05) is 30.3 Å². The first-order valence-corrected chi connectivity index (χ1v) is 10.3. The van der Waals surface area contributed by atoms with Crippen LogP contribution in [0, 0.1) is 11.3 Å². The number of nitrogens with zero attached hydrogens (tertiary/aromatic N) is 3. The molecule has 3 aromatic rings. The summed E-state index contributed by atoms with van der Waals surface area (Å²) in [5.41, 5.74) is 2.99. The summed E-state index contributed by atoms with van der Waals surface area (Å²) in [5.74, 6) is 0.0771. The fraction of sp³-hybridized carbons (Fsp3) is 0.217. The van der Waals surface area contributed by atoms with E-state index in [0.29, 0.717) is 5.56 Å². The van der Waals surface area contributed by atoms with Gasteiger partial charge in [-0.15, -0.1) is 11.3 Å². The van der Waals surface area contributed by atoms with E-state index in [9.17, 15) is 4.79 Å². The van der Waals surface area contributed by atoms with Crippen LogP contribution in [0.4, 0.5) is 0 Å². The minimum atomic E-state index is 0.0771. The zero-order chi connectivity index (χ0) is 19.3. The van der Waals surface area contributed by atoms with Gasteiger partial charge in [0.1, 0.15) is 0 Å². The van der Waals surface area contributed by atoms with Crippen molar-refractivity contribution in [3.8, 4) is 6.07 Å². The van der Waals surface area contributed by atoms with Crippen molar-refractivity contribution >= 4 is 33.4 Å². The number of amides is 1. The summed E-state index contributed by atoms with van der Waals surface area (Å²) >= 11 is 1.70. The molecule has 5 heteroatoms. The maximum absolute atomic E-state index is 12.6. The molecule has 0 radical (unpaired) electrons. The highest BCUT2D eigenvalue weighted by molar-refractivity contribution is 7.17. The molecule has 28 heavy (non-hydrogen) atoms. The average Bonchev–Trinajstić information content (AvgIpc) is 3.16. The molecule has 0 unspecified atom stereocenters. The van der Waals surface area contributed by atoms with Crippen LogP contribution < -0.4 is 0 Å². The fourth-order valence-corrected chi connectivity index (χ4v) is 4.39. The maximum Gasteiger partial charge on any atom is 0.246 e. The lowest BCUT2D eigenvalue weighted by atomic mass is 10.1. The van der Waals surface area contributed by atoms with Gasteiger partial charge in [-0.05, 0) is 46.2 Å². The molecule has 4 rings (SSSR count). The van der Waals surface area contributed by atoms with Crippen LogP contribution in [0.3, 0.4) is 0 Å². The number of hydrogen-bond donors (Lipinski definition) is 0. The Morgan fingerprint density at radius 2 is 1.82 bits per heavy atom. The molecular formula is C23H21N3OS. The maximum atomic E-state index is 12.6. The second-order valence-corrected chi connectivity index (χ2v) is 7.84. The third-order valence-corrected chi connectivity index (χ3v) is 6.07. The number of thiophene rings is 1. The molecule has 0 atom stereocenters. The second-order valence-electron chi connectivity index (χ2n) is 6.93. The van der Waals surface area contributed by atoms with Crippen LogP contribution in [0.5, 0.6) is 0 Å². The third-order valence-electron chi connectivity index (χ3n) is 5.09. The molecule has 2 heterocycles. The van der Waals surface area contributed by atoms with E-state index >= 15 is 0 Å². The molecule has 1 aliphatic heterocycles. The van der Waals surface area contributed by atoms with E-state index < -0.39 is 0 Å². The van der Waals surface area contributed by atoms with Gasteiger partial charge >= 0.3 is 0 Å². The highest BCUT2D eigenvalue weighted by Crippen LogP contribution is 2.26. The van der Waals surface area contributed by atoms with Crippen molar-refractivity contribution in [1.29, 1.82) is 5.26 Å². The number of rotatable bonds is 4. The van der Waals surface area contributed by atoms with Gasteiger partial charge in [-0.25, -0.2) is 0 Å². The summed E-state index contributed by atoms with van der Waals surface area (Å²) in [6, 6.07) is 18.1. The normalized spacial score (nSPS) is 15.2. The first-order chi connectivity index (χ1) is 13.7. The third kappa shape index (κ3) is 4.14. The monoisotopic (exact) mass is 387 g/mol. The number of hydrogen-bond acceptors (Lipinski definition) is 4. The SMILES string of the molecule is N#Cc1ccc(CN2CCN(C(=O)/C=C/c3csc4ccccc34)CC2)cc1. The number of carbonyl (C=O) groups excluding carboxylic acids is 1. The largest absolute Gasteiger partial charge is 0.337 e. The van der Waals surface area contributed by atoms with Crippen molar-refractivity contribution in [1.82, 2.24) is 9.80 Å².